The number of benzene rings is 1. The van der Waals surface area contributed by atoms with Gasteiger partial charge in [-0.3, -0.25) is 0 Å². The van der Waals surface area contributed by atoms with Crippen molar-refractivity contribution < 1.29 is 9.84 Å². The van der Waals surface area contributed by atoms with E-state index in [1.54, 1.807) is 7.11 Å². The lowest BCUT2D eigenvalue weighted by molar-refractivity contribution is 0.150. The monoisotopic (exact) mass is 240 g/mol. The summed E-state index contributed by atoms with van der Waals surface area (Å²) >= 11 is 6.29. The summed E-state index contributed by atoms with van der Waals surface area (Å²) in [6.07, 6.45) is 2.32. The van der Waals surface area contributed by atoms with Gasteiger partial charge in [-0.2, -0.15) is 0 Å². The van der Waals surface area contributed by atoms with Gasteiger partial charge < -0.3 is 9.84 Å². The lowest BCUT2D eigenvalue weighted by Crippen LogP contribution is -2.13. The highest BCUT2D eigenvalue weighted by atomic mass is 35.5. The fourth-order valence-corrected chi connectivity index (χ4v) is 2.33. The van der Waals surface area contributed by atoms with Crippen LogP contribution >= 0.6 is 11.6 Å². The Bertz CT molecular complexity index is 422. The molecule has 1 saturated carbocycles. The highest BCUT2D eigenvalue weighted by Crippen LogP contribution is 2.43. The molecule has 3 heteroatoms. The first-order valence-electron chi connectivity index (χ1n) is 5.52. The van der Waals surface area contributed by atoms with Gasteiger partial charge in [0.1, 0.15) is 5.75 Å². The molecule has 88 valence electrons. The predicted octanol–water partition coefficient (Wildman–Crippen LogP) is 3.03. The molecule has 0 radical (unpaired) electrons. The number of hydrogen-bond acceptors (Lipinski definition) is 2. The number of halogens is 1. The number of methoxy groups -OCH3 is 1. The van der Waals surface area contributed by atoms with E-state index in [-0.39, 0.29) is 0 Å². The molecule has 1 fully saturated rings. The Morgan fingerprint density at radius 1 is 1.38 bits per heavy atom. The zero-order valence-corrected chi connectivity index (χ0v) is 10.7. The maximum absolute atomic E-state index is 9.99. The summed E-state index contributed by atoms with van der Waals surface area (Å²) in [5.41, 5.74) is 2.52. The molecule has 1 aliphatic rings. The third kappa shape index (κ3) is 2.04. The average Bonchev–Trinajstić information content (AvgIpc) is 2.93. The van der Waals surface area contributed by atoms with E-state index >= 15 is 0 Å². The zero-order chi connectivity index (χ0) is 11.9. The van der Waals surface area contributed by atoms with Crippen molar-refractivity contribution in [1.82, 2.24) is 0 Å². The molecule has 0 unspecified atom stereocenters. The summed E-state index contributed by atoms with van der Waals surface area (Å²) in [6, 6.07) is 2.02. The van der Waals surface area contributed by atoms with Gasteiger partial charge in [-0.25, -0.2) is 0 Å². The fourth-order valence-electron chi connectivity index (χ4n) is 2.12. The molecule has 2 nitrogen and oxygen atoms in total. The van der Waals surface area contributed by atoms with Crippen LogP contribution in [-0.2, 0) is 6.42 Å². The van der Waals surface area contributed by atoms with E-state index in [4.69, 9.17) is 16.3 Å². The molecule has 0 heterocycles. The molecule has 1 aliphatic carbocycles. The van der Waals surface area contributed by atoms with Gasteiger partial charge in [0.2, 0.25) is 0 Å². The molecule has 2 rings (SSSR count). The van der Waals surface area contributed by atoms with Crippen LogP contribution in [-0.4, -0.2) is 17.8 Å². The second-order valence-corrected chi connectivity index (χ2v) is 5.12. The van der Waals surface area contributed by atoms with Gasteiger partial charge in [0.05, 0.1) is 17.7 Å². The highest BCUT2D eigenvalue weighted by Gasteiger charge is 2.41. The third-order valence-corrected chi connectivity index (χ3v) is 3.74. The lowest BCUT2D eigenvalue weighted by atomic mass is 9.99. The van der Waals surface area contributed by atoms with Gasteiger partial charge in [-0.05, 0) is 37.8 Å². The van der Waals surface area contributed by atoms with Gasteiger partial charge in [0.25, 0.3) is 0 Å². The molecule has 1 aromatic carbocycles. The fraction of sp³-hybridized carbons (Fsp3) is 0.538. The van der Waals surface area contributed by atoms with Crippen molar-refractivity contribution in [3.05, 3.63) is 27.8 Å². The second kappa shape index (κ2) is 3.94. The van der Waals surface area contributed by atoms with Crippen LogP contribution < -0.4 is 4.74 Å². The van der Waals surface area contributed by atoms with Gasteiger partial charge in [-0.15, -0.1) is 0 Å². The first kappa shape index (κ1) is 11.7. The summed E-state index contributed by atoms with van der Waals surface area (Å²) in [4.78, 5) is 0. The maximum Gasteiger partial charge on any atom is 0.126 e. The first-order chi connectivity index (χ1) is 7.47. The molecule has 16 heavy (non-hydrogen) atoms. The van der Waals surface area contributed by atoms with E-state index in [1.807, 2.05) is 19.9 Å². The molecular weight excluding hydrogens is 224 g/mol. The smallest absolute Gasteiger partial charge is 0.126 e. The summed E-state index contributed by atoms with van der Waals surface area (Å²) < 4.78 is 5.39. The van der Waals surface area contributed by atoms with E-state index in [9.17, 15) is 5.11 Å². The predicted molar refractivity (Wildman–Crippen MR) is 65.4 cm³/mol. The Balaban J connectivity index is 2.47. The van der Waals surface area contributed by atoms with Crippen LogP contribution in [0.25, 0.3) is 0 Å². The van der Waals surface area contributed by atoms with Crippen molar-refractivity contribution in [2.45, 2.75) is 38.7 Å². The molecule has 0 bridgehead atoms. The topological polar surface area (TPSA) is 29.5 Å². The van der Waals surface area contributed by atoms with Crippen LogP contribution in [0, 0.1) is 13.8 Å². The molecule has 0 aliphatic heterocycles. The summed E-state index contributed by atoms with van der Waals surface area (Å²) in [6.45, 7) is 3.98. The highest BCUT2D eigenvalue weighted by molar-refractivity contribution is 6.32. The number of ether oxygens (including phenoxy) is 1. The normalized spacial score (nSPS) is 17.3. The maximum atomic E-state index is 9.99. The largest absolute Gasteiger partial charge is 0.496 e. The Labute approximate surface area is 101 Å². The van der Waals surface area contributed by atoms with Gasteiger partial charge in [-0.1, -0.05) is 17.7 Å². The SMILES string of the molecule is COc1c(C)cc(C)c(Cl)c1CC1(O)CC1. The third-order valence-electron chi connectivity index (χ3n) is 3.21. The molecule has 0 aromatic heterocycles. The van der Waals surface area contributed by atoms with Crippen LogP contribution in [0.4, 0.5) is 0 Å². The Morgan fingerprint density at radius 2 is 2.00 bits per heavy atom. The minimum atomic E-state index is -0.544. The molecule has 0 saturated heterocycles. The van der Waals surface area contributed by atoms with Crippen molar-refractivity contribution in [2.24, 2.45) is 0 Å². The molecule has 0 atom stereocenters. The number of aryl methyl sites for hydroxylation is 2. The molecule has 1 N–H and O–H groups in total. The van der Waals surface area contributed by atoms with E-state index in [0.717, 1.165) is 40.3 Å². The summed E-state index contributed by atoms with van der Waals surface area (Å²) in [7, 11) is 1.65. The van der Waals surface area contributed by atoms with Crippen LogP contribution in [0.2, 0.25) is 5.02 Å². The molecule has 0 spiro atoms. The van der Waals surface area contributed by atoms with Crippen molar-refractivity contribution >= 4 is 11.6 Å². The van der Waals surface area contributed by atoms with E-state index < -0.39 is 5.60 Å². The number of hydrogen-bond donors (Lipinski definition) is 1. The van der Waals surface area contributed by atoms with Crippen molar-refractivity contribution in [1.29, 1.82) is 0 Å². The van der Waals surface area contributed by atoms with E-state index in [0.29, 0.717) is 6.42 Å². The Morgan fingerprint density at radius 3 is 2.50 bits per heavy atom. The van der Waals surface area contributed by atoms with Crippen molar-refractivity contribution in [3.8, 4) is 5.75 Å². The van der Waals surface area contributed by atoms with E-state index in [1.165, 1.54) is 0 Å². The van der Waals surface area contributed by atoms with Gasteiger partial charge in [0, 0.05) is 12.0 Å². The lowest BCUT2D eigenvalue weighted by Gasteiger charge is -2.17. The zero-order valence-electron chi connectivity index (χ0n) is 9.93. The minimum absolute atomic E-state index is 0.544. The second-order valence-electron chi connectivity index (χ2n) is 4.74. The summed E-state index contributed by atoms with van der Waals surface area (Å²) in [5.74, 6) is 0.816. The number of aliphatic hydroxyl groups is 1. The van der Waals surface area contributed by atoms with E-state index in [2.05, 4.69) is 0 Å². The van der Waals surface area contributed by atoms with Crippen LogP contribution in [0.5, 0.6) is 5.75 Å². The first-order valence-corrected chi connectivity index (χ1v) is 5.89. The van der Waals surface area contributed by atoms with Crippen LogP contribution in [0.3, 0.4) is 0 Å². The minimum Gasteiger partial charge on any atom is -0.496 e. The van der Waals surface area contributed by atoms with Crippen LogP contribution in [0.15, 0.2) is 6.07 Å². The standard InChI is InChI=1S/C13H17ClO2/c1-8-6-9(2)12(16-3)10(11(8)14)7-13(15)4-5-13/h6,15H,4-5,7H2,1-3H3. The number of rotatable bonds is 3. The average molecular weight is 241 g/mol. The molecule has 1 aromatic rings. The van der Waals surface area contributed by atoms with Gasteiger partial charge >= 0.3 is 0 Å². The summed E-state index contributed by atoms with van der Waals surface area (Å²) in [5, 5.41) is 10.7. The Hall–Kier alpha value is -0.730. The quantitative estimate of drug-likeness (QED) is 0.880. The molecule has 0 amide bonds. The Kier molecular flexibility index (Phi) is 2.89. The molecular formula is C13H17ClO2. The van der Waals surface area contributed by atoms with Crippen LogP contribution in [0.1, 0.15) is 29.5 Å². The van der Waals surface area contributed by atoms with Crippen molar-refractivity contribution in [3.63, 3.8) is 0 Å². The van der Waals surface area contributed by atoms with Gasteiger partial charge in [0.15, 0.2) is 0 Å². The van der Waals surface area contributed by atoms with Crippen molar-refractivity contribution in [2.75, 3.05) is 7.11 Å².